The molecule has 0 bridgehead atoms. The molecule has 3 N–H and O–H groups in total. The van der Waals surface area contributed by atoms with E-state index in [9.17, 15) is 4.79 Å². The minimum absolute atomic E-state index is 0.240. The van der Waals surface area contributed by atoms with Crippen molar-refractivity contribution in [3.63, 3.8) is 0 Å². The van der Waals surface area contributed by atoms with Crippen LogP contribution >= 0.6 is 11.6 Å². The summed E-state index contributed by atoms with van der Waals surface area (Å²) in [7, 11) is 0. The number of carbonyl (C=O) groups is 1. The fourth-order valence-corrected chi connectivity index (χ4v) is 2.27. The minimum atomic E-state index is -0.323. The second-order valence-corrected chi connectivity index (χ2v) is 4.93. The average molecular weight is 295 g/mol. The fourth-order valence-electron chi connectivity index (χ4n) is 2.08. The van der Waals surface area contributed by atoms with Crippen LogP contribution in [0.5, 0.6) is 0 Å². The third-order valence-electron chi connectivity index (χ3n) is 2.99. The smallest absolute Gasteiger partial charge is 0.253 e. The first kappa shape index (κ1) is 14.3. The van der Waals surface area contributed by atoms with E-state index in [1.807, 2.05) is 13.8 Å². The summed E-state index contributed by atoms with van der Waals surface area (Å²) in [4.78, 5) is 16.0. The minimum Gasteiger partial charge on any atom is -0.384 e. The maximum absolute atomic E-state index is 12.2. The van der Waals surface area contributed by atoms with Crippen LogP contribution in [0.4, 0.5) is 5.82 Å². The molecule has 0 spiro atoms. The standard InChI is InChI=1S/C13H15ClN4O2/c1-6(12-7(2)18-20-8(12)3)17-13(19)9-4-11(15)16-5-10(9)14/h4-6H,1-3H3,(H2,15,16)(H,17,19). The van der Waals surface area contributed by atoms with Gasteiger partial charge >= 0.3 is 0 Å². The average Bonchev–Trinajstić information content (AvgIpc) is 2.71. The highest BCUT2D eigenvalue weighted by molar-refractivity contribution is 6.33. The Balaban J connectivity index is 2.22. The number of halogens is 1. The molecule has 2 aromatic heterocycles. The molecule has 2 heterocycles. The Morgan fingerprint density at radius 3 is 2.80 bits per heavy atom. The number of anilines is 1. The van der Waals surface area contributed by atoms with Crippen molar-refractivity contribution in [3.05, 3.63) is 39.9 Å². The van der Waals surface area contributed by atoms with Gasteiger partial charge in [-0.05, 0) is 26.8 Å². The largest absolute Gasteiger partial charge is 0.384 e. The van der Waals surface area contributed by atoms with E-state index in [1.165, 1.54) is 12.3 Å². The molecule has 0 aliphatic heterocycles. The fraction of sp³-hybridized carbons (Fsp3) is 0.308. The number of pyridine rings is 1. The Labute approximate surface area is 121 Å². The monoisotopic (exact) mass is 294 g/mol. The molecule has 0 fully saturated rings. The number of aromatic nitrogens is 2. The van der Waals surface area contributed by atoms with Gasteiger partial charge in [-0.1, -0.05) is 16.8 Å². The van der Waals surface area contributed by atoms with Gasteiger partial charge in [0.25, 0.3) is 5.91 Å². The van der Waals surface area contributed by atoms with Gasteiger partial charge in [0.05, 0.1) is 22.3 Å². The summed E-state index contributed by atoms with van der Waals surface area (Å²) in [5.41, 5.74) is 7.46. The van der Waals surface area contributed by atoms with E-state index in [4.69, 9.17) is 21.9 Å². The Bertz CT molecular complexity index is 634. The summed E-state index contributed by atoms with van der Waals surface area (Å²) in [6, 6.07) is 1.19. The van der Waals surface area contributed by atoms with Crippen LogP contribution in [0.15, 0.2) is 16.8 Å². The topological polar surface area (TPSA) is 94.0 Å². The normalized spacial score (nSPS) is 12.2. The first-order valence-electron chi connectivity index (χ1n) is 6.04. The highest BCUT2D eigenvalue weighted by Gasteiger charge is 2.20. The Kier molecular flexibility index (Phi) is 3.94. The lowest BCUT2D eigenvalue weighted by molar-refractivity contribution is 0.0940. The SMILES string of the molecule is Cc1noc(C)c1C(C)NC(=O)c1cc(N)ncc1Cl. The zero-order valence-corrected chi connectivity index (χ0v) is 12.2. The molecule has 0 aliphatic rings. The van der Waals surface area contributed by atoms with Gasteiger partial charge in [-0.2, -0.15) is 0 Å². The first-order valence-corrected chi connectivity index (χ1v) is 6.42. The third kappa shape index (κ3) is 2.75. The van der Waals surface area contributed by atoms with E-state index in [1.54, 1.807) is 6.92 Å². The van der Waals surface area contributed by atoms with Crippen LogP contribution in [-0.4, -0.2) is 16.0 Å². The molecule has 0 radical (unpaired) electrons. The molecule has 1 amide bonds. The molecule has 0 aromatic carbocycles. The van der Waals surface area contributed by atoms with Gasteiger partial charge in [0, 0.05) is 11.8 Å². The molecule has 1 unspecified atom stereocenters. The van der Waals surface area contributed by atoms with E-state index >= 15 is 0 Å². The van der Waals surface area contributed by atoms with E-state index in [0.29, 0.717) is 5.76 Å². The number of nitrogen functional groups attached to an aromatic ring is 1. The number of amides is 1. The molecular formula is C13H15ClN4O2. The number of rotatable bonds is 3. The predicted molar refractivity (Wildman–Crippen MR) is 75.5 cm³/mol. The van der Waals surface area contributed by atoms with Crippen molar-refractivity contribution in [2.45, 2.75) is 26.8 Å². The molecule has 6 nitrogen and oxygen atoms in total. The molecule has 7 heteroatoms. The second kappa shape index (κ2) is 5.50. The van der Waals surface area contributed by atoms with Crippen LogP contribution in [0.3, 0.4) is 0 Å². The zero-order chi connectivity index (χ0) is 14.9. The van der Waals surface area contributed by atoms with Gasteiger partial charge < -0.3 is 15.6 Å². The van der Waals surface area contributed by atoms with Gasteiger partial charge in [0.2, 0.25) is 0 Å². The van der Waals surface area contributed by atoms with Crippen LogP contribution in [0, 0.1) is 13.8 Å². The number of carbonyl (C=O) groups excluding carboxylic acids is 1. The van der Waals surface area contributed by atoms with Crippen molar-refractivity contribution in [2.24, 2.45) is 0 Å². The van der Waals surface area contributed by atoms with Crippen LogP contribution in [0.1, 0.15) is 40.3 Å². The molecule has 0 saturated heterocycles. The van der Waals surface area contributed by atoms with Crippen LogP contribution in [-0.2, 0) is 0 Å². The summed E-state index contributed by atoms with van der Waals surface area (Å²) in [5, 5.41) is 6.96. The quantitative estimate of drug-likeness (QED) is 0.906. The molecular weight excluding hydrogens is 280 g/mol. The highest BCUT2D eigenvalue weighted by atomic mass is 35.5. The predicted octanol–water partition coefficient (Wildman–Crippen LogP) is 2.41. The molecule has 20 heavy (non-hydrogen) atoms. The zero-order valence-electron chi connectivity index (χ0n) is 11.4. The van der Waals surface area contributed by atoms with E-state index in [-0.39, 0.29) is 28.4 Å². The van der Waals surface area contributed by atoms with Crippen LogP contribution in [0.2, 0.25) is 5.02 Å². The van der Waals surface area contributed by atoms with Gasteiger partial charge in [-0.3, -0.25) is 4.79 Å². The van der Waals surface area contributed by atoms with Gasteiger partial charge in [-0.15, -0.1) is 0 Å². The van der Waals surface area contributed by atoms with Gasteiger partial charge in [-0.25, -0.2) is 4.98 Å². The number of hydrogen-bond donors (Lipinski definition) is 2. The van der Waals surface area contributed by atoms with E-state index in [0.717, 1.165) is 11.3 Å². The Morgan fingerprint density at radius 1 is 1.50 bits per heavy atom. The lowest BCUT2D eigenvalue weighted by Crippen LogP contribution is -2.27. The number of nitrogens with two attached hydrogens (primary N) is 1. The van der Waals surface area contributed by atoms with Crippen molar-refractivity contribution in [3.8, 4) is 0 Å². The maximum atomic E-state index is 12.2. The van der Waals surface area contributed by atoms with Crippen molar-refractivity contribution < 1.29 is 9.32 Å². The van der Waals surface area contributed by atoms with Crippen LogP contribution < -0.4 is 11.1 Å². The molecule has 2 aromatic rings. The molecule has 0 saturated carbocycles. The lowest BCUT2D eigenvalue weighted by Gasteiger charge is -2.14. The third-order valence-corrected chi connectivity index (χ3v) is 3.29. The van der Waals surface area contributed by atoms with E-state index < -0.39 is 0 Å². The molecule has 1 atom stereocenters. The number of nitrogens with one attached hydrogen (secondary N) is 1. The highest BCUT2D eigenvalue weighted by Crippen LogP contribution is 2.22. The Hall–Kier alpha value is -2.08. The van der Waals surface area contributed by atoms with Crippen molar-refractivity contribution in [2.75, 3.05) is 5.73 Å². The summed E-state index contributed by atoms with van der Waals surface area (Å²) in [6.45, 7) is 5.48. The Morgan fingerprint density at radius 2 is 2.20 bits per heavy atom. The summed E-state index contributed by atoms with van der Waals surface area (Å²) in [6.07, 6.45) is 1.35. The number of nitrogens with zero attached hydrogens (tertiary/aromatic N) is 2. The first-order chi connectivity index (χ1) is 9.40. The van der Waals surface area contributed by atoms with E-state index in [2.05, 4.69) is 15.5 Å². The lowest BCUT2D eigenvalue weighted by atomic mass is 10.1. The summed E-state index contributed by atoms with van der Waals surface area (Å²) >= 11 is 5.95. The van der Waals surface area contributed by atoms with Crippen molar-refractivity contribution in [1.29, 1.82) is 0 Å². The second-order valence-electron chi connectivity index (χ2n) is 4.52. The number of aryl methyl sites for hydroxylation is 2. The summed E-state index contributed by atoms with van der Waals surface area (Å²) < 4.78 is 5.09. The van der Waals surface area contributed by atoms with Crippen LogP contribution in [0.25, 0.3) is 0 Å². The maximum Gasteiger partial charge on any atom is 0.253 e. The summed E-state index contributed by atoms with van der Waals surface area (Å²) in [5.74, 6) is 0.594. The van der Waals surface area contributed by atoms with Crippen molar-refractivity contribution in [1.82, 2.24) is 15.5 Å². The number of hydrogen-bond acceptors (Lipinski definition) is 5. The van der Waals surface area contributed by atoms with Gasteiger partial charge in [0.15, 0.2) is 0 Å². The molecule has 0 aliphatic carbocycles. The van der Waals surface area contributed by atoms with Crippen molar-refractivity contribution >= 4 is 23.3 Å². The van der Waals surface area contributed by atoms with Gasteiger partial charge in [0.1, 0.15) is 11.6 Å². The molecule has 106 valence electrons. The molecule has 2 rings (SSSR count).